The lowest BCUT2D eigenvalue weighted by molar-refractivity contribution is -0.145. The Balaban J connectivity index is 1.83. The maximum absolute atomic E-state index is 13.4. The van der Waals surface area contributed by atoms with E-state index in [-0.39, 0.29) is 22.6 Å². The van der Waals surface area contributed by atoms with Gasteiger partial charge in [-0.3, -0.25) is 4.79 Å². The Hall–Kier alpha value is -3.04. The Morgan fingerprint density at radius 2 is 1.79 bits per heavy atom. The van der Waals surface area contributed by atoms with E-state index in [9.17, 15) is 17.6 Å². The lowest BCUT2D eigenvalue weighted by Crippen LogP contribution is -2.15. The standard InChI is InChI=1S/C24H28FN3O4S/c1-3-17(24(29)32-2)6-4-5-7-20-16-23(18-8-10-19(25)11-9-18)28(27-20)21-12-14-22(15-13-21)33(26,30)31/h8-17H,3-7H2,1-2H3,(H2,26,30,31). The van der Waals surface area contributed by atoms with E-state index in [4.69, 9.17) is 15.0 Å². The van der Waals surface area contributed by atoms with E-state index in [2.05, 4.69) is 0 Å². The molecule has 0 saturated heterocycles. The summed E-state index contributed by atoms with van der Waals surface area (Å²) in [6.07, 6.45) is 3.90. The van der Waals surface area contributed by atoms with Gasteiger partial charge in [-0.1, -0.05) is 13.3 Å². The molecule has 1 atom stereocenters. The number of sulfonamides is 1. The van der Waals surface area contributed by atoms with E-state index in [1.165, 1.54) is 31.4 Å². The quantitative estimate of drug-likeness (QED) is 0.350. The van der Waals surface area contributed by atoms with Gasteiger partial charge in [-0.2, -0.15) is 5.10 Å². The van der Waals surface area contributed by atoms with Gasteiger partial charge >= 0.3 is 5.97 Å². The monoisotopic (exact) mass is 473 g/mol. The van der Waals surface area contributed by atoms with Crippen LogP contribution >= 0.6 is 0 Å². The Labute approximate surface area is 193 Å². The number of carbonyl (C=O) groups excluding carboxylic acids is 1. The van der Waals surface area contributed by atoms with Gasteiger partial charge in [0.15, 0.2) is 0 Å². The SMILES string of the molecule is CCC(CCCCc1cc(-c2ccc(F)cc2)n(-c2ccc(S(N)(=O)=O)cc2)n1)C(=O)OC. The molecule has 176 valence electrons. The number of benzene rings is 2. The molecule has 0 amide bonds. The largest absolute Gasteiger partial charge is 0.469 e. The van der Waals surface area contributed by atoms with E-state index >= 15 is 0 Å². The second-order valence-electron chi connectivity index (χ2n) is 7.85. The predicted molar refractivity (Wildman–Crippen MR) is 124 cm³/mol. The Bertz CT molecular complexity index is 1190. The molecule has 1 unspecified atom stereocenters. The van der Waals surface area contributed by atoms with Crippen LogP contribution in [-0.2, 0) is 26.0 Å². The molecule has 0 spiro atoms. The average molecular weight is 474 g/mol. The number of ether oxygens (including phenoxy) is 1. The Morgan fingerprint density at radius 1 is 1.12 bits per heavy atom. The van der Waals surface area contributed by atoms with Gasteiger partial charge in [0.2, 0.25) is 10.0 Å². The number of nitrogens with zero attached hydrogens (tertiary/aromatic N) is 2. The minimum Gasteiger partial charge on any atom is -0.469 e. The van der Waals surface area contributed by atoms with Crippen molar-refractivity contribution in [3.8, 4) is 16.9 Å². The van der Waals surface area contributed by atoms with E-state index in [1.807, 2.05) is 13.0 Å². The molecule has 7 nitrogen and oxygen atoms in total. The predicted octanol–water partition coefficient (Wildman–Crippen LogP) is 4.24. The third-order valence-electron chi connectivity index (χ3n) is 5.57. The van der Waals surface area contributed by atoms with Crippen molar-refractivity contribution in [3.05, 3.63) is 66.1 Å². The number of esters is 1. The fourth-order valence-electron chi connectivity index (χ4n) is 3.70. The van der Waals surface area contributed by atoms with Crippen molar-refractivity contribution in [2.75, 3.05) is 7.11 Å². The number of aromatic nitrogens is 2. The molecule has 2 N–H and O–H groups in total. The van der Waals surface area contributed by atoms with Crippen LogP contribution in [0.1, 0.15) is 38.3 Å². The minimum atomic E-state index is -3.80. The lowest BCUT2D eigenvalue weighted by Gasteiger charge is -2.11. The van der Waals surface area contributed by atoms with Gasteiger partial charge in [-0.25, -0.2) is 22.6 Å². The number of halogens is 1. The fourth-order valence-corrected chi connectivity index (χ4v) is 4.22. The van der Waals surface area contributed by atoms with Gasteiger partial charge in [-0.15, -0.1) is 0 Å². The Kier molecular flexibility index (Phi) is 7.99. The van der Waals surface area contributed by atoms with Crippen LogP contribution in [0.15, 0.2) is 59.5 Å². The normalized spacial score (nSPS) is 12.5. The third-order valence-corrected chi connectivity index (χ3v) is 6.50. The molecule has 0 aliphatic carbocycles. The smallest absolute Gasteiger partial charge is 0.308 e. The van der Waals surface area contributed by atoms with Crippen molar-refractivity contribution in [3.63, 3.8) is 0 Å². The summed E-state index contributed by atoms with van der Waals surface area (Å²) in [5.41, 5.74) is 3.04. The van der Waals surface area contributed by atoms with Crippen LogP contribution in [0.3, 0.4) is 0 Å². The average Bonchev–Trinajstić information content (AvgIpc) is 3.23. The van der Waals surface area contributed by atoms with Gasteiger partial charge in [-0.05, 0) is 80.3 Å². The maximum Gasteiger partial charge on any atom is 0.308 e. The third kappa shape index (κ3) is 6.27. The molecule has 0 aliphatic rings. The first-order valence-corrected chi connectivity index (χ1v) is 12.3. The molecule has 1 heterocycles. The van der Waals surface area contributed by atoms with Crippen molar-refractivity contribution in [1.82, 2.24) is 9.78 Å². The van der Waals surface area contributed by atoms with Gasteiger partial charge in [0.1, 0.15) is 5.82 Å². The van der Waals surface area contributed by atoms with E-state index in [0.717, 1.165) is 42.6 Å². The van der Waals surface area contributed by atoms with Crippen LogP contribution in [0.25, 0.3) is 16.9 Å². The van der Waals surface area contributed by atoms with Gasteiger partial charge in [0.25, 0.3) is 0 Å². The highest BCUT2D eigenvalue weighted by atomic mass is 32.2. The van der Waals surface area contributed by atoms with Crippen LogP contribution in [0.5, 0.6) is 0 Å². The van der Waals surface area contributed by atoms with E-state index in [0.29, 0.717) is 12.1 Å². The Morgan fingerprint density at radius 3 is 2.36 bits per heavy atom. The zero-order chi connectivity index (χ0) is 24.0. The summed E-state index contributed by atoms with van der Waals surface area (Å²) < 4.78 is 43.1. The summed E-state index contributed by atoms with van der Waals surface area (Å²) >= 11 is 0. The molecular weight excluding hydrogens is 445 g/mol. The van der Waals surface area contributed by atoms with Crippen molar-refractivity contribution in [1.29, 1.82) is 0 Å². The number of carbonyl (C=O) groups is 1. The molecule has 9 heteroatoms. The highest BCUT2D eigenvalue weighted by Crippen LogP contribution is 2.26. The molecule has 33 heavy (non-hydrogen) atoms. The summed E-state index contributed by atoms with van der Waals surface area (Å²) in [5, 5.41) is 9.91. The van der Waals surface area contributed by atoms with Gasteiger partial charge < -0.3 is 4.74 Å². The summed E-state index contributed by atoms with van der Waals surface area (Å²) in [7, 11) is -2.39. The highest BCUT2D eigenvalue weighted by molar-refractivity contribution is 7.89. The molecule has 0 aliphatic heterocycles. The molecule has 0 bridgehead atoms. The van der Waals surface area contributed by atoms with Crippen LogP contribution in [0.2, 0.25) is 0 Å². The van der Waals surface area contributed by atoms with Gasteiger partial charge in [0.05, 0.1) is 35.0 Å². The van der Waals surface area contributed by atoms with Crippen molar-refractivity contribution < 1.29 is 22.3 Å². The zero-order valence-corrected chi connectivity index (χ0v) is 19.5. The van der Waals surface area contributed by atoms with E-state index < -0.39 is 10.0 Å². The van der Waals surface area contributed by atoms with Crippen molar-refractivity contribution in [2.45, 2.75) is 43.9 Å². The first-order chi connectivity index (χ1) is 15.7. The molecule has 2 aromatic carbocycles. The van der Waals surface area contributed by atoms with Crippen LogP contribution < -0.4 is 5.14 Å². The zero-order valence-electron chi connectivity index (χ0n) is 18.7. The van der Waals surface area contributed by atoms with Crippen LogP contribution in [0.4, 0.5) is 4.39 Å². The molecule has 3 rings (SSSR count). The van der Waals surface area contributed by atoms with Gasteiger partial charge in [0, 0.05) is 5.56 Å². The molecule has 0 radical (unpaired) electrons. The summed E-state index contributed by atoms with van der Waals surface area (Å²) in [6, 6.07) is 14.2. The van der Waals surface area contributed by atoms with Crippen LogP contribution in [-0.4, -0.2) is 31.3 Å². The maximum atomic E-state index is 13.4. The number of hydrogen-bond donors (Lipinski definition) is 1. The van der Waals surface area contributed by atoms with E-state index in [1.54, 1.807) is 28.9 Å². The molecule has 0 fully saturated rings. The second kappa shape index (κ2) is 10.7. The number of methoxy groups -OCH3 is 1. The fraction of sp³-hybridized carbons (Fsp3) is 0.333. The number of aryl methyl sites for hydroxylation is 1. The molecule has 3 aromatic rings. The number of hydrogen-bond acceptors (Lipinski definition) is 5. The van der Waals surface area contributed by atoms with Crippen LogP contribution in [0, 0.1) is 11.7 Å². The molecular formula is C24H28FN3O4S. The number of unbranched alkanes of at least 4 members (excludes halogenated alkanes) is 1. The molecule has 0 saturated carbocycles. The lowest BCUT2D eigenvalue weighted by atomic mass is 9.98. The molecule has 1 aromatic heterocycles. The van der Waals surface area contributed by atoms with Crippen molar-refractivity contribution >= 4 is 16.0 Å². The first-order valence-electron chi connectivity index (χ1n) is 10.8. The topological polar surface area (TPSA) is 104 Å². The minimum absolute atomic E-state index is 0.0121. The summed E-state index contributed by atoms with van der Waals surface area (Å²) in [6.45, 7) is 1.97. The highest BCUT2D eigenvalue weighted by Gasteiger charge is 2.17. The number of primary sulfonamides is 1. The summed E-state index contributed by atoms with van der Waals surface area (Å²) in [4.78, 5) is 11.8. The first kappa shape index (κ1) is 24.6. The second-order valence-corrected chi connectivity index (χ2v) is 9.41. The number of rotatable bonds is 10. The number of nitrogens with two attached hydrogens (primary N) is 1. The van der Waals surface area contributed by atoms with Crippen molar-refractivity contribution in [2.24, 2.45) is 11.1 Å². The summed E-state index contributed by atoms with van der Waals surface area (Å²) in [5.74, 6) is -0.610.